The van der Waals surface area contributed by atoms with Gasteiger partial charge in [-0.05, 0) is 48.0 Å². The van der Waals surface area contributed by atoms with Crippen molar-refractivity contribution in [2.75, 3.05) is 12.0 Å². The zero-order valence-corrected chi connectivity index (χ0v) is 13.5. The molecule has 124 valence electrons. The predicted octanol–water partition coefficient (Wildman–Crippen LogP) is 3.02. The van der Waals surface area contributed by atoms with E-state index in [9.17, 15) is 14.4 Å². The molecule has 1 aliphatic rings. The number of methoxy groups -OCH3 is 1. The first-order chi connectivity index (χ1) is 12.1. The Morgan fingerprint density at radius 2 is 1.68 bits per heavy atom. The van der Waals surface area contributed by atoms with Gasteiger partial charge in [-0.2, -0.15) is 0 Å². The lowest BCUT2D eigenvalue weighted by atomic mass is 10.1. The average Bonchev–Trinajstić information content (AvgIpc) is 2.98. The second-order valence-corrected chi connectivity index (χ2v) is 5.37. The lowest BCUT2D eigenvalue weighted by molar-refractivity contribution is -0.119. The molecule has 0 saturated heterocycles. The molecule has 1 heterocycles. The number of imide groups is 1. The third-order valence-electron chi connectivity index (χ3n) is 3.74. The Kier molecular flexibility index (Phi) is 4.57. The number of allylic oxidation sites excluding steroid dienone is 1. The van der Waals surface area contributed by atoms with E-state index in [2.05, 4.69) is 0 Å². The van der Waals surface area contributed by atoms with Gasteiger partial charge in [0.05, 0.1) is 12.8 Å². The monoisotopic (exact) mass is 333 g/mol. The molecule has 0 aliphatic carbocycles. The first kappa shape index (κ1) is 16.4. The van der Waals surface area contributed by atoms with Crippen molar-refractivity contribution in [1.29, 1.82) is 0 Å². The Hall–Kier alpha value is -3.47. The van der Waals surface area contributed by atoms with Crippen LogP contribution >= 0.6 is 0 Å². The van der Waals surface area contributed by atoms with E-state index in [0.717, 1.165) is 10.5 Å². The van der Waals surface area contributed by atoms with Gasteiger partial charge in [-0.25, -0.2) is 4.90 Å². The van der Waals surface area contributed by atoms with Crippen LogP contribution in [0.25, 0.3) is 6.08 Å². The van der Waals surface area contributed by atoms with Crippen molar-refractivity contribution in [3.63, 3.8) is 0 Å². The van der Waals surface area contributed by atoms with Crippen LogP contribution in [-0.4, -0.2) is 24.7 Å². The Morgan fingerprint density at radius 1 is 1.00 bits per heavy atom. The number of hydrogen-bond acceptors (Lipinski definition) is 4. The van der Waals surface area contributed by atoms with E-state index in [1.165, 1.54) is 18.2 Å². The molecule has 2 aromatic rings. The van der Waals surface area contributed by atoms with Crippen LogP contribution in [0.2, 0.25) is 0 Å². The Morgan fingerprint density at radius 3 is 2.32 bits per heavy atom. The summed E-state index contributed by atoms with van der Waals surface area (Å²) < 4.78 is 5.14. The van der Waals surface area contributed by atoms with Crippen LogP contribution < -0.4 is 9.64 Å². The number of ether oxygens (including phenoxy) is 1. The highest BCUT2D eigenvalue weighted by Gasteiger charge is 2.24. The van der Waals surface area contributed by atoms with Crippen molar-refractivity contribution in [3.8, 4) is 5.75 Å². The molecule has 2 amide bonds. The molecule has 0 spiro atoms. The second-order valence-electron chi connectivity index (χ2n) is 5.37. The van der Waals surface area contributed by atoms with E-state index in [0.29, 0.717) is 17.0 Å². The maximum atomic E-state index is 12.3. The molecule has 0 fully saturated rings. The topological polar surface area (TPSA) is 63.7 Å². The number of nitrogens with zero attached hydrogens (tertiary/aromatic N) is 1. The maximum Gasteiger partial charge on any atom is 0.258 e. The molecule has 0 atom stereocenters. The Balaban J connectivity index is 1.73. The molecule has 25 heavy (non-hydrogen) atoms. The van der Waals surface area contributed by atoms with E-state index < -0.39 is 0 Å². The lowest BCUT2D eigenvalue weighted by Gasteiger charge is -2.13. The van der Waals surface area contributed by atoms with Gasteiger partial charge in [0.2, 0.25) is 0 Å². The fraction of sp³-hybridized carbons (Fsp3) is 0.0500. The van der Waals surface area contributed by atoms with Gasteiger partial charge in [-0.15, -0.1) is 0 Å². The van der Waals surface area contributed by atoms with Gasteiger partial charge >= 0.3 is 0 Å². The standard InChI is InChI=1S/C20H15NO4/c1-25-17-4-2-3-14(13-17)5-10-18(22)15-6-8-16(9-7-15)21-19(23)11-12-20(21)24/h2-13H,1H3/b10-5+. The molecule has 3 rings (SSSR count). The normalized spacial score (nSPS) is 13.7. The lowest BCUT2D eigenvalue weighted by Crippen LogP contribution is -2.29. The van der Waals surface area contributed by atoms with Crippen LogP contribution in [0.5, 0.6) is 5.75 Å². The SMILES string of the molecule is COc1cccc(/C=C/C(=O)c2ccc(N3C(=O)C=CC3=O)cc2)c1. The number of carbonyl (C=O) groups is 3. The number of rotatable bonds is 5. The minimum Gasteiger partial charge on any atom is -0.497 e. The fourth-order valence-corrected chi connectivity index (χ4v) is 2.44. The Bertz CT molecular complexity index is 876. The van der Waals surface area contributed by atoms with E-state index in [1.54, 1.807) is 37.5 Å². The van der Waals surface area contributed by atoms with Crippen LogP contribution in [0.15, 0.2) is 66.8 Å². The van der Waals surface area contributed by atoms with E-state index in [1.807, 2.05) is 24.3 Å². The smallest absolute Gasteiger partial charge is 0.258 e. The highest BCUT2D eigenvalue weighted by atomic mass is 16.5. The van der Waals surface area contributed by atoms with Crippen molar-refractivity contribution < 1.29 is 19.1 Å². The summed E-state index contributed by atoms with van der Waals surface area (Å²) in [5.74, 6) is -0.233. The number of anilines is 1. The molecule has 1 aliphatic heterocycles. The zero-order valence-electron chi connectivity index (χ0n) is 13.5. The number of amides is 2. The molecule has 0 unspecified atom stereocenters. The molecule has 0 radical (unpaired) electrons. The van der Waals surface area contributed by atoms with Gasteiger partial charge < -0.3 is 4.74 Å². The Labute approximate surface area is 144 Å². The van der Waals surface area contributed by atoms with Gasteiger partial charge in [0.1, 0.15) is 5.75 Å². The number of benzene rings is 2. The van der Waals surface area contributed by atoms with Crippen molar-refractivity contribution in [1.82, 2.24) is 0 Å². The molecule has 0 bridgehead atoms. The summed E-state index contributed by atoms with van der Waals surface area (Å²) in [7, 11) is 1.58. The van der Waals surface area contributed by atoms with Crippen molar-refractivity contribution >= 4 is 29.4 Å². The van der Waals surface area contributed by atoms with Crippen LogP contribution in [0.4, 0.5) is 5.69 Å². The molecule has 0 N–H and O–H groups in total. The molecule has 0 aromatic heterocycles. The van der Waals surface area contributed by atoms with Gasteiger partial charge in [-0.3, -0.25) is 14.4 Å². The van der Waals surface area contributed by atoms with Crippen molar-refractivity contribution in [3.05, 3.63) is 77.9 Å². The second kappa shape index (κ2) is 6.97. The number of hydrogen-bond donors (Lipinski definition) is 0. The van der Waals surface area contributed by atoms with Crippen molar-refractivity contribution in [2.45, 2.75) is 0 Å². The number of carbonyl (C=O) groups excluding carboxylic acids is 3. The zero-order chi connectivity index (χ0) is 17.8. The summed E-state index contributed by atoms with van der Waals surface area (Å²) in [4.78, 5) is 36.6. The first-order valence-corrected chi connectivity index (χ1v) is 7.61. The largest absolute Gasteiger partial charge is 0.497 e. The molecular formula is C20H15NO4. The maximum absolute atomic E-state index is 12.3. The molecule has 2 aromatic carbocycles. The van der Waals surface area contributed by atoms with Crippen LogP contribution in [0.3, 0.4) is 0 Å². The van der Waals surface area contributed by atoms with Crippen LogP contribution in [-0.2, 0) is 9.59 Å². The summed E-state index contributed by atoms with van der Waals surface area (Å²) in [6.45, 7) is 0. The van der Waals surface area contributed by atoms with Crippen LogP contribution in [0.1, 0.15) is 15.9 Å². The summed E-state index contributed by atoms with van der Waals surface area (Å²) in [5.41, 5.74) is 1.76. The molecule has 0 saturated carbocycles. The predicted molar refractivity (Wildman–Crippen MR) is 94.4 cm³/mol. The first-order valence-electron chi connectivity index (χ1n) is 7.61. The highest BCUT2D eigenvalue weighted by Crippen LogP contribution is 2.20. The minimum absolute atomic E-state index is 0.174. The fourth-order valence-electron chi connectivity index (χ4n) is 2.44. The van der Waals surface area contributed by atoms with E-state index >= 15 is 0 Å². The highest BCUT2D eigenvalue weighted by molar-refractivity contribution is 6.28. The summed E-state index contributed by atoms with van der Waals surface area (Å²) >= 11 is 0. The van der Waals surface area contributed by atoms with Crippen LogP contribution in [0, 0.1) is 0 Å². The van der Waals surface area contributed by atoms with Gasteiger partial charge in [0, 0.05) is 17.7 Å². The summed E-state index contributed by atoms with van der Waals surface area (Å²) in [6, 6.07) is 13.7. The molecule has 5 nitrogen and oxygen atoms in total. The van der Waals surface area contributed by atoms with Gasteiger partial charge in [0.25, 0.3) is 11.8 Å². The average molecular weight is 333 g/mol. The molecular weight excluding hydrogens is 318 g/mol. The summed E-state index contributed by atoms with van der Waals surface area (Å²) in [6.07, 6.45) is 5.62. The quantitative estimate of drug-likeness (QED) is 0.479. The molecule has 5 heteroatoms. The van der Waals surface area contributed by atoms with Crippen molar-refractivity contribution in [2.24, 2.45) is 0 Å². The van der Waals surface area contributed by atoms with Gasteiger partial charge in [-0.1, -0.05) is 18.2 Å². The third kappa shape index (κ3) is 3.55. The number of ketones is 1. The van der Waals surface area contributed by atoms with E-state index in [4.69, 9.17) is 4.74 Å². The third-order valence-corrected chi connectivity index (χ3v) is 3.74. The van der Waals surface area contributed by atoms with Gasteiger partial charge in [0.15, 0.2) is 5.78 Å². The minimum atomic E-state index is -0.387. The summed E-state index contributed by atoms with van der Waals surface area (Å²) in [5, 5.41) is 0. The van der Waals surface area contributed by atoms with E-state index in [-0.39, 0.29) is 17.6 Å².